The molecule has 0 unspecified atom stereocenters. The number of alkyl carbamates (subject to hydrolysis) is 1. The molecule has 2 fully saturated rings. The van der Waals surface area contributed by atoms with E-state index in [2.05, 4.69) is 17.2 Å². The number of aliphatic carboxylic acids is 1. The number of carboxylic acids is 1. The third kappa shape index (κ3) is 6.70. The molecule has 2 amide bonds. The Morgan fingerprint density at radius 1 is 1.05 bits per heavy atom. The van der Waals surface area contributed by atoms with Crippen LogP contribution in [0.25, 0.3) is 11.0 Å². The molecular formula is C32H43FN4O6. The molecule has 1 aliphatic carbocycles. The third-order valence-corrected chi connectivity index (χ3v) is 9.25. The number of aromatic nitrogens is 2. The van der Waals surface area contributed by atoms with Gasteiger partial charge in [-0.1, -0.05) is 47.5 Å². The van der Waals surface area contributed by atoms with E-state index in [-0.39, 0.29) is 24.4 Å². The molecule has 2 bridgehead atoms. The minimum Gasteiger partial charge on any atom is -0.480 e. The maximum Gasteiger partial charge on any atom is 0.408 e. The van der Waals surface area contributed by atoms with Gasteiger partial charge in [-0.05, 0) is 61.5 Å². The standard InChI is InChI=1S/C32H43FN4O6/c1-17-13-19-9-7-6-8-10-22-28(35-23-15-20(33)11-12-21(23)34-22)42-25-16-37(26(18(25)2)30(39)40)29(38)27(32(3,4)5)36-31(41)43-24(19)14-17/h11-12,15,17-19,24-27H,6-10,13-14,16H2,1-5H3,(H,36,41)(H,39,40)/t17-,18-,19-,24-,25+,26+,27-/m1/s1. The van der Waals surface area contributed by atoms with Crippen LogP contribution in [0.2, 0.25) is 0 Å². The van der Waals surface area contributed by atoms with E-state index >= 15 is 0 Å². The van der Waals surface area contributed by atoms with Crippen LogP contribution in [0, 0.1) is 29.0 Å². The average molecular weight is 599 g/mol. The summed E-state index contributed by atoms with van der Waals surface area (Å²) < 4.78 is 26.4. The van der Waals surface area contributed by atoms with Gasteiger partial charge >= 0.3 is 12.1 Å². The van der Waals surface area contributed by atoms with Gasteiger partial charge in [0.05, 0.1) is 17.6 Å². The Hall–Kier alpha value is -3.50. The van der Waals surface area contributed by atoms with Gasteiger partial charge in [0.25, 0.3) is 0 Å². The van der Waals surface area contributed by atoms with Crippen molar-refractivity contribution in [3.8, 4) is 5.88 Å². The molecule has 43 heavy (non-hydrogen) atoms. The normalized spacial score (nSPS) is 30.8. The van der Waals surface area contributed by atoms with Crippen molar-refractivity contribution in [2.75, 3.05) is 6.54 Å². The summed E-state index contributed by atoms with van der Waals surface area (Å²) in [6.45, 7) is 9.33. The molecule has 0 spiro atoms. The summed E-state index contributed by atoms with van der Waals surface area (Å²) in [6, 6.07) is 2.02. The summed E-state index contributed by atoms with van der Waals surface area (Å²) in [6.07, 6.45) is 4.35. The zero-order valence-corrected chi connectivity index (χ0v) is 25.6. The van der Waals surface area contributed by atoms with Gasteiger partial charge in [-0.25, -0.2) is 23.9 Å². The van der Waals surface area contributed by atoms with E-state index in [1.165, 1.54) is 17.0 Å². The summed E-state index contributed by atoms with van der Waals surface area (Å²) in [7, 11) is 0. The lowest BCUT2D eigenvalue weighted by atomic mass is 9.85. The minimum absolute atomic E-state index is 0.0230. The Balaban J connectivity index is 1.52. The van der Waals surface area contributed by atoms with Crippen molar-refractivity contribution < 1.29 is 33.4 Å². The first-order valence-electron chi connectivity index (χ1n) is 15.4. The number of carbonyl (C=O) groups excluding carboxylic acids is 2. The lowest BCUT2D eigenvalue weighted by Crippen LogP contribution is -2.57. The van der Waals surface area contributed by atoms with E-state index in [1.807, 2.05) is 20.8 Å². The van der Waals surface area contributed by atoms with Gasteiger partial charge in [-0.2, -0.15) is 0 Å². The third-order valence-electron chi connectivity index (χ3n) is 9.25. The number of carbonyl (C=O) groups is 3. The second-order valence-corrected chi connectivity index (χ2v) is 13.7. The van der Waals surface area contributed by atoms with E-state index in [0.29, 0.717) is 29.1 Å². The number of amides is 2. The quantitative estimate of drug-likeness (QED) is 0.463. The van der Waals surface area contributed by atoms with Crippen molar-refractivity contribution in [3.63, 3.8) is 0 Å². The first-order chi connectivity index (χ1) is 20.3. The van der Waals surface area contributed by atoms with Crippen molar-refractivity contribution in [1.29, 1.82) is 0 Å². The summed E-state index contributed by atoms with van der Waals surface area (Å²) in [5.74, 6) is -1.84. The number of benzene rings is 1. The van der Waals surface area contributed by atoms with Gasteiger partial charge in [0.2, 0.25) is 11.8 Å². The summed E-state index contributed by atoms with van der Waals surface area (Å²) in [4.78, 5) is 50.4. The van der Waals surface area contributed by atoms with Crippen LogP contribution in [0.5, 0.6) is 5.88 Å². The van der Waals surface area contributed by atoms with Gasteiger partial charge in [0, 0.05) is 12.0 Å². The number of hydrogen-bond acceptors (Lipinski definition) is 7. The van der Waals surface area contributed by atoms with E-state index < -0.39 is 53.3 Å². The van der Waals surface area contributed by atoms with Crippen LogP contribution in [0.4, 0.5) is 9.18 Å². The molecule has 10 nitrogen and oxygen atoms in total. The lowest BCUT2D eigenvalue weighted by molar-refractivity contribution is -0.151. The largest absolute Gasteiger partial charge is 0.480 e. The van der Waals surface area contributed by atoms with Crippen molar-refractivity contribution in [2.45, 2.75) is 104 Å². The zero-order valence-electron chi connectivity index (χ0n) is 25.6. The van der Waals surface area contributed by atoms with E-state index in [9.17, 15) is 23.9 Å². The Labute approximate surface area is 251 Å². The van der Waals surface area contributed by atoms with Crippen molar-refractivity contribution in [1.82, 2.24) is 20.2 Å². The topological polar surface area (TPSA) is 131 Å². The maximum absolute atomic E-state index is 14.1. The monoisotopic (exact) mass is 598 g/mol. The molecule has 1 saturated heterocycles. The highest BCUT2D eigenvalue weighted by atomic mass is 19.1. The highest BCUT2D eigenvalue weighted by molar-refractivity contribution is 5.90. The fourth-order valence-corrected chi connectivity index (χ4v) is 6.92. The Kier molecular flexibility index (Phi) is 8.81. The molecule has 2 N–H and O–H groups in total. The van der Waals surface area contributed by atoms with Crippen LogP contribution in [0.3, 0.4) is 0 Å². The van der Waals surface area contributed by atoms with Crippen LogP contribution in [0.1, 0.15) is 78.8 Å². The molecular weight excluding hydrogens is 555 g/mol. The second kappa shape index (κ2) is 12.2. The SMILES string of the molecule is C[C@@H]1C[C@H]2CCCCCc3nc4ccc(F)cc4nc3O[C@H]3CN(C(=O)[C@H](C(C)(C)C)NC(=O)O[C@@H]2C1)[C@H](C(=O)O)[C@@H]3C. The fraction of sp³-hybridized carbons (Fsp3) is 0.656. The number of aryl methyl sites for hydroxylation is 1. The predicted octanol–water partition coefficient (Wildman–Crippen LogP) is 5.12. The van der Waals surface area contributed by atoms with Gasteiger partial charge in [-0.3, -0.25) is 4.79 Å². The highest BCUT2D eigenvalue weighted by Gasteiger charge is 2.50. The Morgan fingerprint density at radius 3 is 2.53 bits per heavy atom. The second-order valence-electron chi connectivity index (χ2n) is 13.7. The summed E-state index contributed by atoms with van der Waals surface area (Å²) in [5, 5.41) is 13.0. The van der Waals surface area contributed by atoms with Crippen LogP contribution in [0.15, 0.2) is 18.2 Å². The Morgan fingerprint density at radius 2 is 1.81 bits per heavy atom. The zero-order chi connectivity index (χ0) is 31.1. The highest BCUT2D eigenvalue weighted by Crippen LogP contribution is 2.37. The molecule has 7 atom stereocenters. The predicted molar refractivity (Wildman–Crippen MR) is 157 cm³/mol. The molecule has 2 aliphatic heterocycles. The van der Waals surface area contributed by atoms with Crippen LogP contribution < -0.4 is 10.1 Å². The lowest BCUT2D eigenvalue weighted by Gasteiger charge is -2.35. The molecule has 0 radical (unpaired) electrons. The smallest absolute Gasteiger partial charge is 0.408 e. The summed E-state index contributed by atoms with van der Waals surface area (Å²) in [5.41, 5.74) is 0.783. The van der Waals surface area contributed by atoms with Crippen molar-refractivity contribution in [3.05, 3.63) is 29.7 Å². The molecule has 1 aromatic heterocycles. The van der Waals surface area contributed by atoms with Gasteiger partial charge < -0.3 is 24.8 Å². The van der Waals surface area contributed by atoms with Crippen molar-refractivity contribution >= 4 is 29.0 Å². The molecule has 5 rings (SSSR count). The molecule has 3 heterocycles. The fourth-order valence-electron chi connectivity index (χ4n) is 6.92. The average Bonchev–Trinajstić information content (AvgIpc) is 3.43. The number of rotatable bonds is 1. The maximum atomic E-state index is 14.1. The minimum atomic E-state index is -1.18. The summed E-state index contributed by atoms with van der Waals surface area (Å²) >= 11 is 0. The molecule has 1 saturated carbocycles. The van der Waals surface area contributed by atoms with Crippen LogP contribution >= 0.6 is 0 Å². The van der Waals surface area contributed by atoms with E-state index in [0.717, 1.165) is 38.5 Å². The van der Waals surface area contributed by atoms with Gasteiger partial charge in [0.15, 0.2) is 0 Å². The first kappa shape index (κ1) is 30.9. The molecule has 3 aliphatic rings. The molecule has 1 aromatic carbocycles. The number of nitrogens with zero attached hydrogens (tertiary/aromatic N) is 3. The van der Waals surface area contributed by atoms with Gasteiger partial charge in [-0.15, -0.1) is 0 Å². The number of fused-ring (bicyclic) bond motifs is 5. The Bertz CT molecular complexity index is 1380. The number of halogens is 1. The molecule has 2 aromatic rings. The van der Waals surface area contributed by atoms with E-state index in [4.69, 9.17) is 14.5 Å². The van der Waals surface area contributed by atoms with Crippen molar-refractivity contribution in [2.24, 2.45) is 23.2 Å². The number of hydrogen-bond donors (Lipinski definition) is 2. The van der Waals surface area contributed by atoms with Gasteiger partial charge in [0.1, 0.15) is 35.8 Å². The number of carboxylic acid groups (broad SMARTS) is 1. The molecule has 11 heteroatoms. The number of ether oxygens (including phenoxy) is 2. The van der Waals surface area contributed by atoms with Crippen LogP contribution in [-0.2, 0) is 20.7 Å². The van der Waals surface area contributed by atoms with E-state index in [1.54, 1.807) is 13.0 Å². The molecule has 234 valence electrons. The number of nitrogens with one attached hydrogen (secondary N) is 1. The first-order valence-corrected chi connectivity index (χ1v) is 15.4. The van der Waals surface area contributed by atoms with Crippen LogP contribution in [-0.4, -0.2) is 68.8 Å².